The highest BCUT2D eigenvalue weighted by Gasteiger charge is 2.16. The molecule has 3 aromatic rings. The van der Waals surface area contributed by atoms with Crippen LogP contribution in [-0.4, -0.2) is 26.1 Å². The fourth-order valence-corrected chi connectivity index (χ4v) is 4.70. The molecule has 0 bridgehead atoms. The molecule has 0 saturated carbocycles. The highest BCUT2D eigenvalue weighted by molar-refractivity contribution is 7.98. The van der Waals surface area contributed by atoms with Crippen LogP contribution in [0.25, 0.3) is 0 Å². The van der Waals surface area contributed by atoms with Gasteiger partial charge in [-0.25, -0.2) is 9.97 Å². The molecule has 1 aromatic carbocycles. The first-order valence-corrected chi connectivity index (χ1v) is 10.5. The van der Waals surface area contributed by atoms with E-state index < -0.39 is 0 Å². The Labute approximate surface area is 159 Å². The molecule has 0 fully saturated rings. The van der Waals surface area contributed by atoms with Gasteiger partial charge in [0.05, 0.1) is 5.69 Å². The zero-order valence-corrected chi connectivity index (χ0v) is 15.8. The standard InChI is InChI=1S/C18H19N5OS2/c24-16(22-18-21-14-4-2-1-3-5-15(14)26-18)13-8-6-12(7-9-13)10-25-17-19-11-20-23-17/h6-9,11H,1-5,10H2,(H,19,20,23)(H,21,22,24). The maximum Gasteiger partial charge on any atom is 0.257 e. The number of anilines is 1. The lowest BCUT2D eigenvalue weighted by Gasteiger charge is -2.04. The molecule has 2 aromatic heterocycles. The van der Waals surface area contributed by atoms with Crippen LogP contribution < -0.4 is 5.32 Å². The van der Waals surface area contributed by atoms with Crippen LogP contribution in [0.3, 0.4) is 0 Å². The molecule has 2 N–H and O–H groups in total. The van der Waals surface area contributed by atoms with E-state index in [1.54, 1.807) is 23.1 Å². The van der Waals surface area contributed by atoms with Gasteiger partial charge in [-0.05, 0) is 43.4 Å². The predicted octanol–water partition coefficient (Wildman–Crippen LogP) is 4.07. The molecule has 1 amide bonds. The van der Waals surface area contributed by atoms with Gasteiger partial charge in [-0.2, -0.15) is 5.10 Å². The quantitative estimate of drug-likeness (QED) is 0.511. The van der Waals surface area contributed by atoms with Gasteiger partial charge in [0.2, 0.25) is 0 Å². The van der Waals surface area contributed by atoms with Crippen molar-refractivity contribution in [1.82, 2.24) is 20.2 Å². The van der Waals surface area contributed by atoms with E-state index in [9.17, 15) is 4.79 Å². The Bertz CT molecular complexity index is 850. The van der Waals surface area contributed by atoms with Gasteiger partial charge in [0, 0.05) is 16.2 Å². The maximum absolute atomic E-state index is 12.5. The minimum atomic E-state index is -0.108. The molecule has 0 spiro atoms. The molecule has 4 rings (SSSR count). The third-order valence-corrected chi connectivity index (χ3v) is 6.32. The van der Waals surface area contributed by atoms with E-state index in [2.05, 4.69) is 25.5 Å². The van der Waals surface area contributed by atoms with Gasteiger partial charge in [-0.15, -0.1) is 11.3 Å². The number of aromatic amines is 1. The summed E-state index contributed by atoms with van der Waals surface area (Å²) in [5, 5.41) is 11.1. The average Bonchev–Trinajstić information content (AvgIpc) is 3.26. The average molecular weight is 386 g/mol. The van der Waals surface area contributed by atoms with Gasteiger partial charge in [-0.3, -0.25) is 15.2 Å². The topological polar surface area (TPSA) is 83.6 Å². The Balaban J connectivity index is 1.37. The molecule has 1 aliphatic carbocycles. The molecule has 0 aliphatic heterocycles. The Kier molecular flexibility index (Phi) is 5.31. The summed E-state index contributed by atoms with van der Waals surface area (Å²) in [5.41, 5.74) is 2.94. The molecule has 134 valence electrons. The summed E-state index contributed by atoms with van der Waals surface area (Å²) in [6.45, 7) is 0. The van der Waals surface area contributed by atoms with Crippen LogP contribution in [-0.2, 0) is 18.6 Å². The number of aromatic nitrogens is 4. The van der Waals surface area contributed by atoms with Crippen molar-refractivity contribution in [3.05, 3.63) is 52.3 Å². The van der Waals surface area contributed by atoms with Crippen molar-refractivity contribution in [1.29, 1.82) is 0 Å². The summed E-state index contributed by atoms with van der Waals surface area (Å²) in [7, 11) is 0. The van der Waals surface area contributed by atoms with E-state index in [0.29, 0.717) is 10.7 Å². The van der Waals surface area contributed by atoms with Crippen LogP contribution in [0.1, 0.15) is 45.8 Å². The number of H-pyrrole nitrogens is 1. The molecular formula is C18H19N5OS2. The van der Waals surface area contributed by atoms with Gasteiger partial charge in [0.15, 0.2) is 10.3 Å². The summed E-state index contributed by atoms with van der Waals surface area (Å²) in [4.78, 5) is 22.5. The predicted molar refractivity (Wildman–Crippen MR) is 104 cm³/mol. The first-order valence-electron chi connectivity index (χ1n) is 8.65. The third kappa shape index (κ3) is 4.13. The monoisotopic (exact) mass is 385 g/mol. The summed E-state index contributed by atoms with van der Waals surface area (Å²) in [5.74, 6) is 0.666. The fraction of sp³-hybridized carbons (Fsp3) is 0.333. The molecular weight excluding hydrogens is 366 g/mol. The molecule has 26 heavy (non-hydrogen) atoms. The number of fused-ring (bicyclic) bond motifs is 1. The van der Waals surface area contributed by atoms with Crippen LogP contribution in [0, 0.1) is 0 Å². The van der Waals surface area contributed by atoms with Crippen molar-refractivity contribution in [2.45, 2.75) is 43.0 Å². The maximum atomic E-state index is 12.5. The SMILES string of the molecule is O=C(Nc1nc2c(s1)CCCCC2)c1ccc(CSc2ncn[nH]2)cc1. The van der Waals surface area contributed by atoms with Gasteiger partial charge in [0.25, 0.3) is 5.91 Å². The number of rotatable bonds is 5. The molecule has 0 saturated heterocycles. The van der Waals surface area contributed by atoms with Crippen molar-refractivity contribution < 1.29 is 4.79 Å². The second kappa shape index (κ2) is 8.01. The first kappa shape index (κ1) is 17.2. The second-order valence-corrected chi connectivity index (χ2v) is 8.23. The van der Waals surface area contributed by atoms with E-state index >= 15 is 0 Å². The van der Waals surface area contributed by atoms with E-state index in [4.69, 9.17) is 0 Å². The minimum Gasteiger partial charge on any atom is -0.298 e. The van der Waals surface area contributed by atoms with Crippen LogP contribution >= 0.6 is 23.1 Å². The zero-order valence-electron chi connectivity index (χ0n) is 14.2. The minimum absolute atomic E-state index is 0.108. The number of amides is 1. The first-order chi connectivity index (χ1) is 12.8. The molecule has 0 atom stereocenters. The number of carbonyl (C=O) groups is 1. The zero-order chi connectivity index (χ0) is 17.8. The van der Waals surface area contributed by atoms with Crippen molar-refractivity contribution in [3.63, 3.8) is 0 Å². The summed E-state index contributed by atoms with van der Waals surface area (Å²) in [6, 6.07) is 7.64. The molecule has 6 nitrogen and oxygen atoms in total. The number of nitrogens with zero attached hydrogens (tertiary/aromatic N) is 3. The molecule has 0 radical (unpaired) electrons. The van der Waals surface area contributed by atoms with Crippen molar-refractivity contribution in [3.8, 4) is 0 Å². The summed E-state index contributed by atoms with van der Waals surface area (Å²) in [6.07, 6.45) is 7.28. The van der Waals surface area contributed by atoms with Gasteiger partial charge < -0.3 is 0 Å². The number of carbonyl (C=O) groups excluding carboxylic acids is 1. The second-order valence-electron chi connectivity index (χ2n) is 6.18. The van der Waals surface area contributed by atoms with Gasteiger partial charge >= 0.3 is 0 Å². The van der Waals surface area contributed by atoms with Crippen LogP contribution in [0.4, 0.5) is 5.13 Å². The number of thioether (sulfide) groups is 1. The van der Waals surface area contributed by atoms with Gasteiger partial charge in [0.1, 0.15) is 6.33 Å². The Hall–Kier alpha value is -2.19. The molecule has 1 aliphatic rings. The third-order valence-electron chi connectivity index (χ3n) is 4.30. The summed E-state index contributed by atoms with van der Waals surface area (Å²) < 4.78 is 0. The highest BCUT2D eigenvalue weighted by atomic mass is 32.2. The number of benzene rings is 1. The van der Waals surface area contributed by atoms with E-state index in [1.807, 2.05) is 24.3 Å². The lowest BCUT2D eigenvalue weighted by atomic mass is 10.1. The normalized spacial score (nSPS) is 13.8. The highest BCUT2D eigenvalue weighted by Crippen LogP contribution is 2.29. The largest absolute Gasteiger partial charge is 0.298 e. The Morgan fingerprint density at radius 2 is 2.04 bits per heavy atom. The van der Waals surface area contributed by atoms with E-state index in [1.165, 1.54) is 36.2 Å². The number of aryl methyl sites for hydroxylation is 2. The number of hydrogen-bond acceptors (Lipinski definition) is 6. The van der Waals surface area contributed by atoms with Crippen LogP contribution in [0.5, 0.6) is 0 Å². The van der Waals surface area contributed by atoms with Crippen LogP contribution in [0.15, 0.2) is 35.7 Å². The number of hydrogen-bond donors (Lipinski definition) is 2. The van der Waals surface area contributed by atoms with Crippen molar-refractivity contribution in [2.24, 2.45) is 0 Å². The number of thiazole rings is 1. The Morgan fingerprint density at radius 3 is 2.85 bits per heavy atom. The van der Waals surface area contributed by atoms with Gasteiger partial charge in [-0.1, -0.05) is 30.3 Å². The fourth-order valence-electron chi connectivity index (χ4n) is 2.92. The molecule has 0 unspecified atom stereocenters. The van der Waals surface area contributed by atoms with Crippen LogP contribution in [0.2, 0.25) is 0 Å². The summed E-state index contributed by atoms with van der Waals surface area (Å²) >= 11 is 3.19. The smallest absolute Gasteiger partial charge is 0.257 e. The Morgan fingerprint density at radius 1 is 1.19 bits per heavy atom. The lowest BCUT2D eigenvalue weighted by molar-refractivity contribution is 0.102. The lowest BCUT2D eigenvalue weighted by Crippen LogP contribution is -2.11. The number of nitrogens with one attached hydrogen (secondary N) is 2. The molecule has 8 heteroatoms. The van der Waals surface area contributed by atoms with E-state index in [0.717, 1.165) is 29.3 Å². The van der Waals surface area contributed by atoms with Crippen molar-refractivity contribution >= 4 is 34.1 Å². The van der Waals surface area contributed by atoms with E-state index in [-0.39, 0.29) is 5.91 Å². The molecule has 2 heterocycles. The van der Waals surface area contributed by atoms with Crippen molar-refractivity contribution in [2.75, 3.05) is 5.32 Å².